The minimum absolute atomic E-state index is 0.0232. The van der Waals surface area contributed by atoms with Gasteiger partial charge in [0.2, 0.25) is 0 Å². The molecule has 1 aliphatic carbocycles. The lowest BCUT2D eigenvalue weighted by molar-refractivity contribution is -0.151. The third-order valence-corrected chi connectivity index (χ3v) is 3.52. The number of ether oxygens (including phenoxy) is 1. The third-order valence-electron chi connectivity index (χ3n) is 3.52. The third kappa shape index (κ3) is 3.42. The molecule has 0 spiro atoms. The van der Waals surface area contributed by atoms with Crippen LogP contribution in [0.4, 0.5) is 0 Å². The zero-order chi connectivity index (χ0) is 12.8. The number of benzene rings is 1. The van der Waals surface area contributed by atoms with Crippen molar-refractivity contribution < 1.29 is 14.3 Å². The number of carbonyl (C=O) groups is 2. The van der Waals surface area contributed by atoms with Crippen LogP contribution in [0.1, 0.15) is 31.2 Å². The molecule has 1 aliphatic rings. The quantitative estimate of drug-likeness (QED) is 0.606. The molecule has 3 nitrogen and oxygen atoms in total. The summed E-state index contributed by atoms with van der Waals surface area (Å²) < 4.78 is 5.31. The number of carbonyl (C=O) groups excluding carboxylic acids is 2. The summed E-state index contributed by atoms with van der Waals surface area (Å²) >= 11 is 0. The molecule has 1 aromatic carbocycles. The number of hydrogen-bond donors (Lipinski definition) is 0. The fraction of sp³-hybridized carbons (Fsp3) is 0.467. The second-order valence-corrected chi connectivity index (χ2v) is 4.84. The predicted octanol–water partition coefficient (Wildman–Crippen LogP) is 2.74. The Morgan fingerprint density at radius 3 is 2.44 bits per heavy atom. The molecule has 96 valence electrons. The van der Waals surface area contributed by atoms with E-state index in [9.17, 15) is 9.59 Å². The Morgan fingerprint density at radius 1 is 1.17 bits per heavy atom. The molecule has 0 aliphatic heterocycles. The van der Waals surface area contributed by atoms with Crippen molar-refractivity contribution in [1.82, 2.24) is 0 Å². The number of esters is 1. The second kappa shape index (κ2) is 6.34. The summed E-state index contributed by atoms with van der Waals surface area (Å²) in [5.74, 6) is -0.00344. The summed E-state index contributed by atoms with van der Waals surface area (Å²) in [5.41, 5.74) is 1.01. The van der Waals surface area contributed by atoms with E-state index in [0.29, 0.717) is 6.61 Å². The maximum atomic E-state index is 11.9. The van der Waals surface area contributed by atoms with Crippen molar-refractivity contribution in [1.29, 1.82) is 0 Å². The summed E-state index contributed by atoms with van der Waals surface area (Å²) in [6, 6.07) is 9.68. The molecule has 1 fully saturated rings. The molecule has 1 aromatic rings. The maximum Gasteiger partial charge on any atom is 0.309 e. The highest BCUT2D eigenvalue weighted by Crippen LogP contribution is 2.28. The van der Waals surface area contributed by atoms with E-state index in [4.69, 9.17) is 4.74 Å². The molecule has 0 atom stereocenters. The van der Waals surface area contributed by atoms with Gasteiger partial charge >= 0.3 is 5.97 Å². The first-order valence-corrected chi connectivity index (χ1v) is 6.45. The zero-order valence-corrected chi connectivity index (χ0v) is 10.4. The van der Waals surface area contributed by atoms with E-state index >= 15 is 0 Å². The smallest absolute Gasteiger partial charge is 0.309 e. The van der Waals surface area contributed by atoms with E-state index in [0.717, 1.165) is 37.5 Å². The van der Waals surface area contributed by atoms with Crippen LogP contribution in [0.2, 0.25) is 0 Å². The zero-order valence-electron chi connectivity index (χ0n) is 10.4. The predicted molar refractivity (Wildman–Crippen MR) is 67.8 cm³/mol. The Bertz CT molecular complexity index is 391. The molecule has 0 amide bonds. The first-order chi connectivity index (χ1) is 8.79. The van der Waals surface area contributed by atoms with Gasteiger partial charge < -0.3 is 9.53 Å². The van der Waals surface area contributed by atoms with Gasteiger partial charge in [-0.2, -0.15) is 0 Å². The van der Waals surface area contributed by atoms with E-state index in [1.165, 1.54) is 0 Å². The van der Waals surface area contributed by atoms with E-state index in [-0.39, 0.29) is 17.8 Å². The van der Waals surface area contributed by atoms with Crippen LogP contribution >= 0.6 is 0 Å². The summed E-state index contributed by atoms with van der Waals surface area (Å²) in [6.07, 6.45) is 4.18. The highest BCUT2D eigenvalue weighted by molar-refractivity contribution is 5.72. The number of hydrogen-bond acceptors (Lipinski definition) is 3. The molecular formula is C15H18O3. The minimum atomic E-state index is -0.122. The molecule has 0 unspecified atom stereocenters. The molecule has 0 heterocycles. The molecule has 2 rings (SSSR count). The largest absolute Gasteiger partial charge is 0.461 e. The van der Waals surface area contributed by atoms with E-state index in [1.54, 1.807) is 0 Å². The summed E-state index contributed by atoms with van der Waals surface area (Å²) in [7, 11) is 0. The molecule has 0 bridgehead atoms. The Balaban J connectivity index is 1.77. The second-order valence-electron chi connectivity index (χ2n) is 4.84. The van der Waals surface area contributed by atoms with Crippen LogP contribution in [0.5, 0.6) is 0 Å². The van der Waals surface area contributed by atoms with Crippen molar-refractivity contribution in [3.8, 4) is 0 Å². The van der Waals surface area contributed by atoms with E-state index in [2.05, 4.69) is 0 Å². The van der Waals surface area contributed by atoms with Crippen molar-refractivity contribution >= 4 is 12.3 Å². The van der Waals surface area contributed by atoms with Crippen molar-refractivity contribution in [2.24, 2.45) is 11.8 Å². The van der Waals surface area contributed by atoms with Crippen LogP contribution in [-0.4, -0.2) is 12.3 Å². The Kier molecular flexibility index (Phi) is 4.51. The molecule has 0 radical (unpaired) electrons. The first-order valence-electron chi connectivity index (χ1n) is 6.45. The fourth-order valence-corrected chi connectivity index (χ4v) is 2.34. The molecular weight excluding hydrogens is 228 g/mol. The SMILES string of the molecule is O=CC1CCC(C(=O)OCc2ccccc2)CC1. The molecule has 18 heavy (non-hydrogen) atoms. The normalized spacial score (nSPS) is 23.3. The fourth-order valence-electron chi connectivity index (χ4n) is 2.34. The first kappa shape index (κ1) is 12.8. The lowest BCUT2D eigenvalue weighted by atomic mass is 9.83. The molecule has 1 saturated carbocycles. The summed E-state index contributed by atoms with van der Waals surface area (Å²) in [4.78, 5) is 22.5. The monoisotopic (exact) mass is 246 g/mol. The number of aldehydes is 1. The Morgan fingerprint density at radius 2 is 1.83 bits per heavy atom. The Hall–Kier alpha value is -1.64. The molecule has 0 saturated heterocycles. The van der Waals surface area contributed by atoms with Gasteiger partial charge in [-0.1, -0.05) is 30.3 Å². The highest BCUT2D eigenvalue weighted by atomic mass is 16.5. The van der Waals surface area contributed by atoms with Gasteiger partial charge in [0.15, 0.2) is 0 Å². The van der Waals surface area contributed by atoms with Crippen molar-refractivity contribution in [3.05, 3.63) is 35.9 Å². The van der Waals surface area contributed by atoms with Crippen LogP contribution in [0.15, 0.2) is 30.3 Å². The van der Waals surface area contributed by atoms with Crippen LogP contribution in [-0.2, 0) is 20.9 Å². The van der Waals surface area contributed by atoms with Crippen LogP contribution in [0.3, 0.4) is 0 Å². The summed E-state index contributed by atoms with van der Waals surface area (Å²) in [5, 5.41) is 0. The lowest BCUT2D eigenvalue weighted by Crippen LogP contribution is -2.24. The molecule has 0 N–H and O–H groups in total. The van der Waals surface area contributed by atoms with Crippen molar-refractivity contribution in [2.75, 3.05) is 0 Å². The lowest BCUT2D eigenvalue weighted by Gasteiger charge is -2.23. The molecule has 3 heteroatoms. The van der Waals surface area contributed by atoms with Gasteiger partial charge in [-0.25, -0.2) is 0 Å². The van der Waals surface area contributed by atoms with Gasteiger partial charge in [0, 0.05) is 5.92 Å². The molecule has 0 aromatic heterocycles. The van der Waals surface area contributed by atoms with E-state index < -0.39 is 0 Å². The standard InChI is InChI=1S/C15H18O3/c16-10-12-6-8-14(9-7-12)15(17)18-11-13-4-2-1-3-5-13/h1-5,10,12,14H,6-9,11H2. The van der Waals surface area contributed by atoms with Gasteiger partial charge in [-0.15, -0.1) is 0 Å². The van der Waals surface area contributed by atoms with Gasteiger partial charge in [-0.3, -0.25) is 4.79 Å². The van der Waals surface area contributed by atoms with Gasteiger partial charge in [0.25, 0.3) is 0 Å². The average Bonchev–Trinajstić information content (AvgIpc) is 2.46. The number of rotatable bonds is 4. The maximum absolute atomic E-state index is 11.9. The topological polar surface area (TPSA) is 43.4 Å². The minimum Gasteiger partial charge on any atom is -0.461 e. The van der Waals surface area contributed by atoms with Crippen LogP contribution in [0, 0.1) is 11.8 Å². The van der Waals surface area contributed by atoms with Gasteiger partial charge in [0.05, 0.1) is 5.92 Å². The van der Waals surface area contributed by atoms with Gasteiger partial charge in [-0.05, 0) is 31.2 Å². The average molecular weight is 246 g/mol. The van der Waals surface area contributed by atoms with Crippen molar-refractivity contribution in [2.45, 2.75) is 32.3 Å². The van der Waals surface area contributed by atoms with Crippen molar-refractivity contribution in [3.63, 3.8) is 0 Å². The highest BCUT2D eigenvalue weighted by Gasteiger charge is 2.26. The van der Waals surface area contributed by atoms with Gasteiger partial charge in [0.1, 0.15) is 12.9 Å². The van der Waals surface area contributed by atoms with Crippen LogP contribution < -0.4 is 0 Å². The van der Waals surface area contributed by atoms with E-state index in [1.807, 2.05) is 30.3 Å². The summed E-state index contributed by atoms with van der Waals surface area (Å²) in [6.45, 7) is 0.341. The Labute approximate surface area is 107 Å². The van der Waals surface area contributed by atoms with Crippen LogP contribution in [0.25, 0.3) is 0 Å².